The second-order valence-corrected chi connectivity index (χ2v) is 4.85. The molecule has 0 aliphatic rings. The van der Waals surface area contributed by atoms with Gasteiger partial charge in [-0.3, -0.25) is 0 Å². The maximum Gasteiger partial charge on any atom is 0.105 e. The zero-order chi connectivity index (χ0) is 13.1. The lowest BCUT2D eigenvalue weighted by molar-refractivity contribution is 0.497. The van der Waals surface area contributed by atoms with Crippen molar-refractivity contribution in [2.45, 2.75) is 39.7 Å². The highest BCUT2D eigenvalue weighted by atomic mass is 16.3. The molecule has 2 aromatic rings. The largest absolute Gasteiger partial charge is 0.466 e. The summed E-state index contributed by atoms with van der Waals surface area (Å²) in [6.07, 6.45) is 1.93. The molecule has 0 spiro atoms. The van der Waals surface area contributed by atoms with Crippen molar-refractivity contribution >= 4 is 0 Å². The van der Waals surface area contributed by atoms with Gasteiger partial charge in [0.15, 0.2) is 0 Å². The molecule has 1 aromatic carbocycles. The molecule has 1 atom stereocenters. The molecule has 2 heteroatoms. The van der Waals surface area contributed by atoms with Crippen molar-refractivity contribution in [3.8, 4) is 0 Å². The normalized spacial score (nSPS) is 12.7. The molecule has 1 aromatic heterocycles. The fourth-order valence-corrected chi connectivity index (χ4v) is 2.29. The molecule has 0 amide bonds. The molecule has 1 heterocycles. The summed E-state index contributed by atoms with van der Waals surface area (Å²) in [6, 6.07) is 10.7. The molecule has 2 N–H and O–H groups in total. The fraction of sp³-hybridized carbons (Fsp3) is 0.375. The summed E-state index contributed by atoms with van der Waals surface area (Å²) >= 11 is 0. The average molecular weight is 243 g/mol. The SMILES string of the molecule is CCc1ccc(CC(N)c2cc(C)oc2C)cc1. The van der Waals surface area contributed by atoms with Crippen molar-refractivity contribution in [2.24, 2.45) is 5.73 Å². The number of hydrogen-bond donors (Lipinski definition) is 1. The molecule has 0 aliphatic heterocycles. The number of benzene rings is 1. The summed E-state index contributed by atoms with van der Waals surface area (Å²) in [6.45, 7) is 6.10. The quantitative estimate of drug-likeness (QED) is 0.889. The maximum atomic E-state index is 6.25. The average Bonchev–Trinajstić information content (AvgIpc) is 2.69. The predicted molar refractivity (Wildman–Crippen MR) is 74.6 cm³/mol. The molecule has 1 unspecified atom stereocenters. The fourth-order valence-electron chi connectivity index (χ4n) is 2.29. The van der Waals surface area contributed by atoms with Crippen LogP contribution in [0, 0.1) is 13.8 Å². The lowest BCUT2D eigenvalue weighted by Gasteiger charge is -2.11. The molecule has 96 valence electrons. The number of rotatable bonds is 4. The number of nitrogens with two attached hydrogens (primary N) is 1. The minimum absolute atomic E-state index is 0.00919. The first-order valence-corrected chi connectivity index (χ1v) is 6.50. The summed E-state index contributed by atoms with van der Waals surface area (Å²) in [5, 5.41) is 0. The molecule has 2 nitrogen and oxygen atoms in total. The summed E-state index contributed by atoms with van der Waals surface area (Å²) in [7, 11) is 0. The molecule has 0 saturated heterocycles. The van der Waals surface area contributed by atoms with Gasteiger partial charge < -0.3 is 10.2 Å². The van der Waals surface area contributed by atoms with Crippen LogP contribution >= 0.6 is 0 Å². The van der Waals surface area contributed by atoms with E-state index in [9.17, 15) is 0 Å². The predicted octanol–water partition coefficient (Wildman–Crippen LogP) is 3.70. The Kier molecular flexibility index (Phi) is 3.87. The van der Waals surface area contributed by atoms with Gasteiger partial charge in [0.1, 0.15) is 11.5 Å². The summed E-state index contributed by atoms with van der Waals surface area (Å²) < 4.78 is 5.53. The Labute approximate surface area is 109 Å². The van der Waals surface area contributed by atoms with Crippen molar-refractivity contribution in [1.82, 2.24) is 0 Å². The van der Waals surface area contributed by atoms with E-state index in [0.717, 1.165) is 29.9 Å². The second-order valence-electron chi connectivity index (χ2n) is 4.85. The third kappa shape index (κ3) is 2.82. The minimum Gasteiger partial charge on any atom is -0.466 e. The third-order valence-corrected chi connectivity index (χ3v) is 3.37. The topological polar surface area (TPSA) is 39.2 Å². The van der Waals surface area contributed by atoms with Crippen LogP contribution in [-0.4, -0.2) is 0 Å². The molecular weight excluding hydrogens is 222 g/mol. The lowest BCUT2D eigenvalue weighted by Crippen LogP contribution is -2.13. The van der Waals surface area contributed by atoms with Gasteiger partial charge in [-0.25, -0.2) is 0 Å². The van der Waals surface area contributed by atoms with Gasteiger partial charge in [-0.2, -0.15) is 0 Å². The smallest absolute Gasteiger partial charge is 0.105 e. The van der Waals surface area contributed by atoms with E-state index >= 15 is 0 Å². The molecule has 0 fully saturated rings. The third-order valence-electron chi connectivity index (χ3n) is 3.37. The zero-order valence-corrected chi connectivity index (χ0v) is 11.4. The van der Waals surface area contributed by atoms with Gasteiger partial charge in [0.2, 0.25) is 0 Å². The van der Waals surface area contributed by atoms with Crippen LogP contribution in [0.1, 0.15) is 41.2 Å². The summed E-state index contributed by atoms with van der Waals surface area (Å²) in [4.78, 5) is 0. The Morgan fingerprint density at radius 1 is 1.11 bits per heavy atom. The highest BCUT2D eigenvalue weighted by molar-refractivity contribution is 5.28. The number of hydrogen-bond acceptors (Lipinski definition) is 2. The van der Waals surface area contributed by atoms with Crippen LogP contribution in [0.4, 0.5) is 0 Å². The van der Waals surface area contributed by atoms with Crippen LogP contribution in [0.5, 0.6) is 0 Å². The van der Waals surface area contributed by atoms with Crippen LogP contribution in [0.2, 0.25) is 0 Å². The van der Waals surface area contributed by atoms with Crippen LogP contribution < -0.4 is 5.73 Å². The van der Waals surface area contributed by atoms with Gasteiger partial charge in [0, 0.05) is 11.6 Å². The highest BCUT2D eigenvalue weighted by Gasteiger charge is 2.13. The second kappa shape index (κ2) is 5.40. The first-order valence-electron chi connectivity index (χ1n) is 6.50. The van der Waals surface area contributed by atoms with E-state index in [1.54, 1.807) is 0 Å². The van der Waals surface area contributed by atoms with Crippen LogP contribution in [0.25, 0.3) is 0 Å². The number of furan rings is 1. The minimum atomic E-state index is 0.00919. The Balaban J connectivity index is 2.10. The van der Waals surface area contributed by atoms with Gasteiger partial charge in [-0.1, -0.05) is 31.2 Å². The van der Waals surface area contributed by atoms with Gasteiger partial charge in [-0.15, -0.1) is 0 Å². The summed E-state index contributed by atoms with van der Waals surface area (Å²) in [5.41, 5.74) is 10.0. The van der Waals surface area contributed by atoms with Crippen LogP contribution in [-0.2, 0) is 12.8 Å². The van der Waals surface area contributed by atoms with Crippen molar-refractivity contribution in [2.75, 3.05) is 0 Å². The van der Waals surface area contributed by atoms with E-state index < -0.39 is 0 Å². The van der Waals surface area contributed by atoms with E-state index in [4.69, 9.17) is 10.2 Å². The molecular formula is C16H21NO. The van der Waals surface area contributed by atoms with E-state index in [0.29, 0.717) is 0 Å². The molecule has 0 radical (unpaired) electrons. The molecule has 0 aliphatic carbocycles. The Bertz CT molecular complexity index is 510. The van der Waals surface area contributed by atoms with E-state index in [1.165, 1.54) is 11.1 Å². The maximum absolute atomic E-state index is 6.25. The summed E-state index contributed by atoms with van der Waals surface area (Å²) in [5.74, 6) is 1.87. The highest BCUT2D eigenvalue weighted by Crippen LogP contribution is 2.23. The van der Waals surface area contributed by atoms with E-state index in [-0.39, 0.29) is 6.04 Å². The van der Waals surface area contributed by atoms with Gasteiger partial charge in [-0.05, 0) is 43.9 Å². The Hall–Kier alpha value is -1.54. The monoisotopic (exact) mass is 243 g/mol. The molecule has 0 saturated carbocycles. The van der Waals surface area contributed by atoms with Crippen LogP contribution in [0.15, 0.2) is 34.7 Å². The Morgan fingerprint density at radius 3 is 2.22 bits per heavy atom. The standard InChI is InChI=1S/C16H21NO/c1-4-13-5-7-14(8-6-13)10-16(17)15-9-11(2)18-12(15)3/h5-9,16H,4,10,17H2,1-3H3. The molecule has 2 rings (SSSR count). The van der Waals surface area contributed by atoms with Crippen molar-refractivity contribution < 1.29 is 4.42 Å². The van der Waals surface area contributed by atoms with E-state index in [1.807, 2.05) is 19.9 Å². The first kappa shape index (κ1) is 12.9. The molecule has 18 heavy (non-hydrogen) atoms. The van der Waals surface area contributed by atoms with E-state index in [2.05, 4.69) is 31.2 Å². The van der Waals surface area contributed by atoms with Crippen molar-refractivity contribution in [1.29, 1.82) is 0 Å². The van der Waals surface area contributed by atoms with Gasteiger partial charge >= 0.3 is 0 Å². The van der Waals surface area contributed by atoms with Gasteiger partial charge in [0.25, 0.3) is 0 Å². The van der Waals surface area contributed by atoms with Crippen LogP contribution in [0.3, 0.4) is 0 Å². The Morgan fingerprint density at radius 2 is 1.72 bits per heavy atom. The van der Waals surface area contributed by atoms with Crippen molar-refractivity contribution in [3.63, 3.8) is 0 Å². The lowest BCUT2D eigenvalue weighted by atomic mass is 9.99. The van der Waals surface area contributed by atoms with Gasteiger partial charge in [0.05, 0.1) is 0 Å². The zero-order valence-electron chi connectivity index (χ0n) is 11.4. The molecule has 0 bridgehead atoms. The van der Waals surface area contributed by atoms with Crippen molar-refractivity contribution in [3.05, 3.63) is 58.5 Å². The number of aryl methyl sites for hydroxylation is 3. The first-order chi connectivity index (χ1) is 8.60.